The van der Waals surface area contributed by atoms with Gasteiger partial charge in [-0.15, -0.1) is 0 Å². The number of rotatable bonds is 44. The van der Waals surface area contributed by atoms with Crippen LogP contribution >= 0.6 is 0 Å². The van der Waals surface area contributed by atoms with Crippen LogP contribution in [-0.2, 0) is 14.3 Å². The van der Waals surface area contributed by atoms with E-state index in [4.69, 9.17) is 15.2 Å². The number of ketones is 1. The van der Waals surface area contributed by atoms with Crippen LogP contribution in [-0.4, -0.2) is 98.1 Å². The molecule has 10 nitrogen and oxygen atoms in total. The van der Waals surface area contributed by atoms with Crippen molar-refractivity contribution in [3.05, 3.63) is 0 Å². The van der Waals surface area contributed by atoms with Crippen LogP contribution in [0.2, 0.25) is 0 Å². The van der Waals surface area contributed by atoms with E-state index in [1.54, 1.807) is 0 Å². The van der Waals surface area contributed by atoms with Gasteiger partial charge in [-0.1, -0.05) is 232 Å². The standard InChI is InChI=1S/C50H99NO9/c1-3-5-7-9-11-13-15-17-18-19-20-21-22-23-24-25-26-27-29-31-33-35-37-39-42(54)49(60-50-48(58)47(57)46(56)43(40-52)59-50)44(51)45(55)41(53)38-36-34-32-30-28-16-14-12-10-8-6-4-2/h41,43-50,52-53,55-58H,3-40,51H2,1-2H3/t41-,43-,44+,45-,46+,47+,48-,49?,50?/m1/s1. The zero-order chi connectivity index (χ0) is 44.1. The Balaban J connectivity index is 2.33. The first-order valence-electron chi connectivity index (χ1n) is 25.8. The van der Waals surface area contributed by atoms with Crippen LogP contribution in [0.15, 0.2) is 0 Å². The van der Waals surface area contributed by atoms with E-state index in [9.17, 15) is 35.4 Å². The second-order valence-corrected chi connectivity index (χ2v) is 18.6. The van der Waals surface area contributed by atoms with Gasteiger partial charge in [0.05, 0.1) is 24.9 Å². The molecule has 10 heteroatoms. The summed E-state index contributed by atoms with van der Waals surface area (Å²) in [5.41, 5.74) is 6.43. The summed E-state index contributed by atoms with van der Waals surface area (Å²) in [5, 5.41) is 62.8. The first kappa shape index (κ1) is 57.3. The molecule has 9 atom stereocenters. The molecule has 0 bridgehead atoms. The van der Waals surface area contributed by atoms with Crippen LogP contribution in [0, 0.1) is 0 Å². The van der Waals surface area contributed by atoms with E-state index < -0.39 is 61.7 Å². The van der Waals surface area contributed by atoms with Crippen molar-refractivity contribution in [1.82, 2.24) is 0 Å². The van der Waals surface area contributed by atoms with E-state index in [1.807, 2.05) is 0 Å². The van der Waals surface area contributed by atoms with E-state index in [-0.39, 0.29) is 12.2 Å². The van der Waals surface area contributed by atoms with Gasteiger partial charge in [0.15, 0.2) is 12.1 Å². The second kappa shape index (κ2) is 39.9. The summed E-state index contributed by atoms with van der Waals surface area (Å²) >= 11 is 0. The molecule has 1 aliphatic rings. The van der Waals surface area contributed by atoms with Crippen LogP contribution in [0.5, 0.6) is 0 Å². The summed E-state index contributed by atoms with van der Waals surface area (Å²) in [6, 6.07) is -1.32. The number of unbranched alkanes of at least 4 members (excludes halogenated alkanes) is 33. The normalized spacial score (nSPS) is 21.6. The second-order valence-electron chi connectivity index (χ2n) is 18.6. The minimum atomic E-state index is -1.72. The minimum absolute atomic E-state index is 0.135. The van der Waals surface area contributed by atoms with Gasteiger partial charge < -0.3 is 45.8 Å². The summed E-state index contributed by atoms with van der Waals surface area (Å²) in [5.74, 6) is -0.389. The third-order valence-corrected chi connectivity index (χ3v) is 13.0. The number of carbonyl (C=O) groups is 1. The zero-order valence-electron chi connectivity index (χ0n) is 39.1. The number of ether oxygens (including phenoxy) is 2. The minimum Gasteiger partial charge on any atom is -0.394 e. The lowest BCUT2D eigenvalue weighted by molar-refractivity contribution is -0.311. The Bertz CT molecular complexity index is 941. The van der Waals surface area contributed by atoms with Gasteiger partial charge in [-0.3, -0.25) is 4.79 Å². The molecule has 0 amide bonds. The summed E-state index contributed by atoms with van der Waals surface area (Å²) in [6.45, 7) is 3.87. The molecule has 1 rings (SSSR count). The van der Waals surface area contributed by atoms with Crippen molar-refractivity contribution in [3.8, 4) is 0 Å². The Morgan fingerprint density at radius 1 is 0.517 bits per heavy atom. The summed E-state index contributed by atoms with van der Waals surface area (Å²) in [7, 11) is 0. The molecule has 0 saturated carbocycles. The number of Topliss-reactive ketones (excluding diaryl/α,β-unsaturated/α-hetero) is 1. The lowest BCUT2D eigenvalue weighted by Gasteiger charge is -2.41. The maximum atomic E-state index is 13.6. The Morgan fingerprint density at radius 3 is 1.20 bits per heavy atom. The van der Waals surface area contributed by atoms with Crippen molar-refractivity contribution in [1.29, 1.82) is 0 Å². The molecular weight excluding hydrogens is 759 g/mol. The molecule has 0 spiro atoms. The monoisotopic (exact) mass is 858 g/mol. The van der Waals surface area contributed by atoms with Gasteiger partial charge in [-0.2, -0.15) is 0 Å². The Kier molecular flexibility index (Phi) is 38.1. The molecule has 1 heterocycles. The van der Waals surface area contributed by atoms with Gasteiger partial charge in [-0.25, -0.2) is 0 Å². The topological polar surface area (TPSA) is 183 Å². The molecule has 0 aliphatic carbocycles. The molecule has 1 fully saturated rings. The summed E-state index contributed by atoms with van der Waals surface area (Å²) in [4.78, 5) is 13.6. The van der Waals surface area contributed by atoms with Crippen LogP contribution in [0.1, 0.15) is 251 Å². The molecule has 2 unspecified atom stereocenters. The molecule has 1 saturated heterocycles. The van der Waals surface area contributed by atoms with Crippen LogP contribution < -0.4 is 5.73 Å². The summed E-state index contributed by atoms with van der Waals surface area (Å²) < 4.78 is 11.4. The van der Waals surface area contributed by atoms with Gasteiger partial charge in [0.25, 0.3) is 0 Å². The maximum Gasteiger partial charge on any atom is 0.187 e. The van der Waals surface area contributed by atoms with Crippen molar-refractivity contribution in [2.75, 3.05) is 6.61 Å². The number of carbonyl (C=O) groups excluding carboxylic acids is 1. The smallest absolute Gasteiger partial charge is 0.187 e. The highest BCUT2D eigenvalue weighted by molar-refractivity contribution is 5.84. The molecule has 8 N–H and O–H groups in total. The largest absolute Gasteiger partial charge is 0.394 e. The van der Waals surface area contributed by atoms with E-state index in [0.717, 1.165) is 38.5 Å². The van der Waals surface area contributed by atoms with Gasteiger partial charge >= 0.3 is 0 Å². The zero-order valence-corrected chi connectivity index (χ0v) is 39.1. The first-order chi connectivity index (χ1) is 29.2. The van der Waals surface area contributed by atoms with Gasteiger partial charge in [0.2, 0.25) is 0 Å². The lowest BCUT2D eigenvalue weighted by Crippen LogP contribution is -2.62. The maximum absolute atomic E-state index is 13.6. The average molecular weight is 858 g/mol. The molecular formula is C50H99NO9. The SMILES string of the molecule is CCCCCCCCCCCCCCCCCCCCCCCCCC(=O)C(OC1O[C@H](CO)[C@H](O)[C@H](O)[C@H]1O)[C@@H](N)[C@H](O)[C@H](O)CCCCCCCCCCCCCC. The van der Waals surface area contributed by atoms with Gasteiger partial charge in [0.1, 0.15) is 30.5 Å². The number of aliphatic hydroxyl groups is 6. The number of hydrogen-bond donors (Lipinski definition) is 7. The number of hydrogen-bond acceptors (Lipinski definition) is 10. The van der Waals surface area contributed by atoms with Crippen LogP contribution in [0.25, 0.3) is 0 Å². The molecule has 0 aromatic heterocycles. The van der Waals surface area contributed by atoms with E-state index >= 15 is 0 Å². The Morgan fingerprint density at radius 2 is 0.850 bits per heavy atom. The fourth-order valence-corrected chi connectivity index (χ4v) is 8.73. The van der Waals surface area contributed by atoms with Gasteiger partial charge in [0, 0.05) is 6.42 Å². The molecule has 0 aromatic carbocycles. The molecule has 358 valence electrons. The molecule has 60 heavy (non-hydrogen) atoms. The highest BCUT2D eigenvalue weighted by Gasteiger charge is 2.47. The van der Waals surface area contributed by atoms with E-state index in [0.29, 0.717) is 19.3 Å². The fourth-order valence-electron chi connectivity index (χ4n) is 8.73. The predicted octanol–water partition coefficient (Wildman–Crippen LogP) is 10.3. The van der Waals surface area contributed by atoms with Crippen molar-refractivity contribution >= 4 is 5.78 Å². The fraction of sp³-hybridized carbons (Fsp3) is 0.980. The van der Waals surface area contributed by atoms with Crippen molar-refractivity contribution in [2.24, 2.45) is 5.73 Å². The van der Waals surface area contributed by atoms with Crippen LogP contribution in [0.4, 0.5) is 0 Å². The van der Waals surface area contributed by atoms with E-state index in [1.165, 1.54) is 173 Å². The molecule has 0 radical (unpaired) electrons. The van der Waals surface area contributed by atoms with E-state index in [2.05, 4.69) is 13.8 Å². The Hall–Kier alpha value is -0.690. The average Bonchev–Trinajstić information content (AvgIpc) is 3.25. The quantitative estimate of drug-likeness (QED) is 0.0291. The predicted molar refractivity (Wildman–Crippen MR) is 246 cm³/mol. The third-order valence-electron chi connectivity index (χ3n) is 13.0. The molecule has 1 aliphatic heterocycles. The third kappa shape index (κ3) is 28.2. The lowest BCUT2D eigenvalue weighted by atomic mass is 9.92. The first-order valence-corrected chi connectivity index (χ1v) is 25.8. The van der Waals surface area contributed by atoms with Gasteiger partial charge in [-0.05, 0) is 12.8 Å². The number of nitrogens with two attached hydrogens (primary N) is 1. The number of aliphatic hydroxyl groups excluding tert-OH is 6. The van der Waals surface area contributed by atoms with Crippen molar-refractivity contribution in [2.45, 2.75) is 306 Å². The molecule has 0 aromatic rings. The van der Waals surface area contributed by atoms with Crippen molar-refractivity contribution < 1.29 is 44.9 Å². The highest BCUT2D eigenvalue weighted by atomic mass is 16.7. The highest BCUT2D eigenvalue weighted by Crippen LogP contribution is 2.26. The van der Waals surface area contributed by atoms with Crippen molar-refractivity contribution in [3.63, 3.8) is 0 Å². The Labute approximate surface area is 368 Å². The van der Waals surface area contributed by atoms with Crippen LogP contribution in [0.3, 0.4) is 0 Å². The summed E-state index contributed by atoms with van der Waals surface area (Å²) in [6.07, 6.45) is 32.3.